The average molecular weight is 389 g/mol. The van der Waals surface area contributed by atoms with Crippen LogP contribution in [0.2, 0.25) is 0 Å². The fourth-order valence-electron chi connectivity index (χ4n) is 3.70. The Bertz CT molecular complexity index is 1020. The number of nitrogens with one attached hydrogen (secondary N) is 1. The van der Waals surface area contributed by atoms with Gasteiger partial charge in [0.15, 0.2) is 11.5 Å². The second-order valence-electron chi connectivity index (χ2n) is 6.91. The van der Waals surface area contributed by atoms with Gasteiger partial charge in [0.05, 0.1) is 14.2 Å². The van der Waals surface area contributed by atoms with Gasteiger partial charge in [0.25, 0.3) is 0 Å². The first-order valence-electron chi connectivity index (χ1n) is 9.51. The van der Waals surface area contributed by atoms with E-state index in [2.05, 4.69) is 5.32 Å². The minimum Gasteiger partial charge on any atom is -0.493 e. The third-order valence-electron chi connectivity index (χ3n) is 5.13. The Morgan fingerprint density at radius 3 is 2.31 bits per heavy atom. The van der Waals surface area contributed by atoms with Gasteiger partial charge < -0.3 is 19.5 Å². The number of benzene rings is 3. The van der Waals surface area contributed by atoms with Crippen molar-refractivity contribution in [3.8, 4) is 17.2 Å². The fourth-order valence-corrected chi connectivity index (χ4v) is 3.70. The second kappa shape index (κ2) is 8.27. The summed E-state index contributed by atoms with van der Waals surface area (Å²) in [6.07, 6.45) is 0.341. The number of carbonyl (C=O) groups excluding carboxylic acids is 1. The number of carbonyl (C=O) groups is 1. The van der Waals surface area contributed by atoms with Crippen molar-refractivity contribution in [2.24, 2.45) is 0 Å². The summed E-state index contributed by atoms with van der Waals surface area (Å²) in [5, 5.41) is 2.95. The highest BCUT2D eigenvalue weighted by atomic mass is 16.5. The van der Waals surface area contributed by atoms with E-state index in [0.29, 0.717) is 24.5 Å². The van der Waals surface area contributed by atoms with Crippen LogP contribution in [0.25, 0.3) is 0 Å². The number of anilines is 1. The highest BCUT2D eigenvalue weighted by molar-refractivity contribution is 5.96. The summed E-state index contributed by atoms with van der Waals surface area (Å²) in [6, 6.07) is 21.7. The number of amides is 1. The van der Waals surface area contributed by atoms with Gasteiger partial charge in [-0.1, -0.05) is 48.5 Å². The summed E-state index contributed by atoms with van der Waals surface area (Å²) in [4.78, 5) is 12.4. The van der Waals surface area contributed by atoms with Gasteiger partial charge in [0.2, 0.25) is 5.91 Å². The molecule has 1 atom stereocenters. The van der Waals surface area contributed by atoms with Gasteiger partial charge in [-0.05, 0) is 23.3 Å². The SMILES string of the molecule is COc1cc2c(cc1OC)C(c1ccccc1OCc1ccccc1)CC(=O)N2. The molecule has 1 heterocycles. The van der Waals surface area contributed by atoms with Crippen molar-refractivity contribution in [1.82, 2.24) is 0 Å². The maximum atomic E-state index is 12.4. The van der Waals surface area contributed by atoms with Crippen LogP contribution in [0.4, 0.5) is 5.69 Å². The Hall–Kier alpha value is -3.47. The molecule has 1 aliphatic rings. The van der Waals surface area contributed by atoms with Crippen molar-refractivity contribution < 1.29 is 19.0 Å². The summed E-state index contributed by atoms with van der Waals surface area (Å²) in [5.74, 6) is 1.82. The van der Waals surface area contributed by atoms with Crippen LogP contribution in [0.1, 0.15) is 29.0 Å². The predicted molar refractivity (Wildman–Crippen MR) is 112 cm³/mol. The number of para-hydroxylation sites is 1. The summed E-state index contributed by atoms with van der Waals surface area (Å²) in [5.41, 5.74) is 3.79. The Labute approximate surface area is 170 Å². The molecule has 0 fully saturated rings. The molecule has 0 aliphatic carbocycles. The van der Waals surface area contributed by atoms with Crippen molar-refractivity contribution >= 4 is 11.6 Å². The molecule has 4 rings (SSSR count). The van der Waals surface area contributed by atoms with Crippen molar-refractivity contribution in [3.05, 3.63) is 83.4 Å². The summed E-state index contributed by atoms with van der Waals surface area (Å²) < 4.78 is 17.0. The van der Waals surface area contributed by atoms with Gasteiger partial charge >= 0.3 is 0 Å². The molecule has 0 radical (unpaired) electrons. The van der Waals surface area contributed by atoms with Crippen molar-refractivity contribution in [2.45, 2.75) is 18.9 Å². The number of ether oxygens (including phenoxy) is 3. The lowest BCUT2D eigenvalue weighted by atomic mass is 9.84. The van der Waals surface area contributed by atoms with Gasteiger partial charge in [-0.25, -0.2) is 0 Å². The molecule has 148 valence electrons. The van der Waals surface area contributed by atoms with E-state index in [9.17, 15) is 4.79 Å². The molecular formula is C24H23NO4. The van der Waals surface area contributed by atoms with Gasteiger partial charge in [0.1, 0.15) is 12.4 Å². The maximum absolute atomic E-state index is 12.4. The normalized spacial score (nSPS) is 15.2. The molecular weight excluding hydrogens is 366 g/mol. The summed E-state index contributed by atoms with van der Waals surface area (Å²) in [7, 11) is 3.19. The lowest BCUT2D eigenvalue weighted by Crippen LogP contribution is -2.24. The van der Waals surface area contributed by atoms with Crippen LogP contribution >= 0.6 is 0 Å². The third kappa shape index (κ3) is 3.90. The largest absolute Gasteiger partial charge is 0.493 e. The van der Waals surface area contributed by atoms with Crippen LogP contribution in [-0.2, 0) is 11.4 Å². The third-order valence-corrected chi connectivity index (χ3v) is 5.13. The van der Waals surface area contributed by atoms with Gasteiger partial charge in [-0.2, -0.15) is 0 Å². The molecule has 0 saturated heterocycles. The molecule has 29 heavy (non-hydrogen) atoms. The first-order valence-corrected chi connectivity index (χ1v) is 9.51. The monoisotopic (exact) mass is 389 g/mol. The standard InChI is InChI=1S/C24H23NO4/c1-27-22-12-19-18(13-24(26)25-20(19)14-23(22)28-2)17-10-6-7-11-21(17)29-15-16-8-4-3-5-9-16/h3-12,14,18H,13,15H2,1-2H3,(H,25,26). The molecule has 5 heteroatoms. The maximum Gasteiger partial charge on any atom is 0.225 e. The first-order chi connectivity index (χ1) is 14.2. The molecule has 1 unspecified atom stereocenters. The zero-order valence-corrected chi connectivity index (χ0v) is 16.5. The number of hydrogen-bond acceptors (Lipinski definition) is 4. The van der Waals surface area contributed by atoms with Crippen LogP contribution in [0.5, 0.6) is 17.2 Å². The van der Waals surface area contributed by atoms with Crippen molar-refractivity contribution in [1.29, 1.82) is 0 Å². The molecule has 3 aromatic rings. The molecule has 5 nitrogen and oxygen atoms in total. The van der Waals surface area contributed by atoms with E-state index >= 15 is 0 Å². The zero-order valence-electron chi connectivity index (χ0n) is 16.5. The van der Waals surface area contributed by atoms with E-state index in [1.165, 1.54) is 0 Å². The molecule has 3 aromatic carbocycles. The van der Waals surface area contributed by atoms with Crippen LogP contribution < -0.4 is 19.5 Å². The number of hydrogen-bond donors (Lipinski definition) is 1. The molecule has 0 aromatic heterocycles. The van der Waals surface area contributed by atoms with Crippen LogP contribution in [-0.4, -0.2) is 20.1 Å². The van der Waals surface area contributed by atoms with Crippen LogP contribution in [0, 0.1) is 0 Å². The summed E-state index contributed by atoms with van der Waals surface area (Å²) >= 11 is 0. The van der Waals surface area contributed by atoms with E-state index < -0.39 is 0 Å². The van der Waals surface area contributed by atoms with E-state index in [1.54, 1.807) is 14.2 Å². The smallest absolute Gasteiger partial charge is 0.225 e. The van der Waals surface area contributed by atoms with Crippen molar-refractivity contribution in [3.63, 3.8) is 0 Å². The number of fused-ring (bicyclic) bond motifs is 1. The molecule has 0 saturated carbocycles. The fraction of sp³-hybridized carbons (Fsp3) is 0.208. The molecule has 0 spiro atoms. The van der Waals surface area contributed by atoms with Gasteiger partial charge in [0, 0.05) is 29.7 Å². The highest BCUT2D eigenvalue weighted by Gasteiger charge is 2.30. The quantitative estimate of drug-likeness (QED) is 0.661. The Morgan fingerprint density at radius 1 is 0.862 bits per heavy atom. The Balaban J connectivity index is 1.71. The van der Waals surface area contributed by atoms with E-state index in [4.69, 9.17) is 14.2 Å². The topological polar surface area (TPSA) is 56.8 Å². The lowest BCUT2D eigenvalue weighted by molar-refractivity contribution is -0.116. The Kier molecular flexibility index (Phi) is 5.38. The van der Waals surface area contributed by atoms with Gasteiger partial charge in [-0.3, -0.25) is 4.79 Å². The second-order valence-corrected chi connectivity index (χ2v) is 6.91. The van der Waals surface area contributed by atoms with E-state index in [1.807, 2.05) is 66.7 Å². The zero-order chi connectivity index (χ0) is 20.2. The highest BCUT2D eigenvalue weighted by Crippen LogP contribution is 2.45. The molecule has 1 aliphatic heterocycles. The molecule has 1 N–H and O–H groups in total. The lowest BCUT2D eigenvalue weighted by Gasteiger charge is -2.28. The van der Waals surface area contributed by atoms with Gasteiger partial charge in [-0.15, -0.1) is 0 Å². The number of methoxy groups -OCH3 is 2. The van der Waals surface area contributed by atoms with E-state index in [-0.39, 0.29) is 11.8 Å². The Morgan fingerprint density at radius 2 is 1.55 bits per heavy atom. The van der Waals surface area contributed by atoms with Crippen LogP contribution in [0.15, 0.2) is 66.7 Å². The van der Waals surface area contributed by atoms with Crippen LogP contribution in [0.3, 0.4) is 0 Å². The predicted octanol–water partition coefficient (Wildman–Crippen LogP) is 4.76. The van der Waals surface area contributed by atoms with Crippen molar-refractivity contribution in [2.75, 3.05) is 19.5 Å². The average Bonchev–Trinajstić information content (AvgIpc) is 2.77. The first kappa shape index (κ1) is 18.9. The molecule has 1 amide bonds. The summed E-state index contributed by atoms with van der Waals surface area (Å²) in [6.45, 7) is 0.468. The molecule has 0 bridgehead atoms. The minimum atomic E-state index is -0.134. The van der Waals surface area contributed by atoms with E-state index in [0.717, 1.165) is 28.1 Å². The minimum absolute atomic E-state index is 0.0346. The number of rotatable bonds is 6.